The maximum Gasteiger partial charge on any atom is 0.234 e. The minimum atomic E-state index is -0.0647. The molecule has 0 fully saturated rings. The zero-order chi connectivity index (χ0) is 19.9. The zero-order valence-electron chi connectivity index (χ0n) is 16.3. The van der Waals surface area contributed by atoms with Gasteiger partial charge in [0.25, 0.3) is 0 Å². The molecule has 28 heavy (non-hydrogen) atoms. The highest BCUT2D eigenvalue weighted by atomic mass is 32.2. The van der Waals surface area contributed by atoms with Crippen LogP contribution in [-0.2, 0) is 18.3 Å². The summed E-state index contributed by atoms with van der Waals surface area (Å²) < 4.78 is 7.57. The average Bonchev–Trinajstić information content (AvgIpc) is 3.08. The fourth-order valence-corrected chi connectivity index (χ4v) is 3.59. The molecule has 0 saturated heterocycles. The van der Waals surface area contributed by atoms with Gasteiger partial charge in [-0.3, -0.25) is 4.79 Å². The number of benzene rings is 2. The highest BCUT2D eigenvalue weighted by molar-refractivity contribution is 7.99. The van der Waals surface area contributed by atoms with Crippen LogP contribution in [0.3, 0.4) is 0 Å². The smallest absolute Gasteiger partial charge is 0.234 e. The summed E-state index contributed by atoms with van der Waals surface area (Å²) in [6, 6.07) is 15.6. The molecule has 1 amide bonds. The van der Waals surface area contributed by atoms with Gasteiger partial charge in [0.05, 0.1) is 17.9 Å². The van der Waals surface area contributed by atoms with Gasteiger partial charge in [-0.15, -0.1) is 10.2 Å². The van der Waals surface area contributed by atoms with Crippen molar-refractivity contribution in [2.75, 3.05) is 17.7 Å². The fourth-order valence-electron chi connectivity index (χ4n) is 2.87. The van der Waals surface area contributed by atoms with E-state index in [2.05, 4.69) is 22.4 Å². The number of amides is 1. The number of ether oxygens (including phenoxy) is 1. The number of hydrogen-bond acceptors (Lipinski definition) is 5. The number of carbonyl (C=O) groups is 1. The second kappa shape index (κ2) is 9.41. The fraction of sp³-hybridized carbons (Fsp3) is 0.286. The van der Waals surface area contributed by atoms with Crippen LogP contribution >= 0.6 is 11.8 Å². The lowest BCUT2D eigenvalue weighted by atomic mass is 10.1. The second-order valence-electron chi connectivity index (χ2n) is 6.14. The number of nitrogens with one attached hydrogen (secondary N) is 1. The molecule has 0 aliphatic heterocycles. The summed E-state index contributed by atoms with van der Waals surface area (Å²) in [7, 11) is 1.89. The minimum Gasteiger partial charge on any atom is -0.493 e. The summed E-state index contributed by atoms with van der Waals surface area (Å²) in [6.45, 7) is 4.60. The normalized spacial score (nSPS) is 10.7. The van der Waals surface area contributed by atoms with Gasteiger partial charge in [-0.05, 0) is 37.1 Å². The van der Waals surface area contributed by atoms with Crippen molar-refractivity contribution < 1.29 is 9.53 Å². The maximum absolute atomic E-state index is 12.4. The molecule has 6 nitrogen and oxygen atoms in total. The predicted octanol–water partition coefficient (Wildman–Crippen LogP) is 4.17. The average molecular weight is 397 g/mol. The van der Waals surface area contributed by atoms with Crippen molar-refractivity contribution >= 4 is 23.4 Å². The molecule has 0 unspecified atom stereocenters. The third kappa shape index (κ3) is 4.54. The van der Waals surface area contributed by atoms with Crippen LogP contribution in [0.25, 0.3) is 11.4 Å². The zero-order valence-corrected chi connectivity index (χ0v) is 17.1. The van der Waals surface area contributed by atoms with Gasteiger partial charge in [0.2, 0.25) is 5.91 Å². The Morgan fingerprint density at radius 2 is 1.86 bits per heavy atom. The SMILES string of the molecule is CCOc1ccccc1-c1nnc(SCC(=O)Nc2ccccc2CC)n1C. The molecule has 2 aromatic carbocycles. The summed E-state index contributed by atoms with van der Waals surface area (Å²) in [5, 5.41) is 12.2. The first kappa shape index (κ1) is 19.9. The van der Waals surface area contributed by atoms with Gasteiger partial charge in [0, 0.05) is 12.7 Å². The van der Waals surface area contributed by atoms with E-state index in [4.69, 9.17) is 4.74 Å². The van der Waals surface area contributed by atoms with Crippen LogP contribution in [0.4, 0.5) is 5.69 Å². The number of aryl methyl sites for hydroxylation is 1. The van der Waals surface area contributed by atoms with Crippen molar-refractivity contribution in [2.24, 2.45) is 7.05 Å². The monoisotopic (exact) mass is 396 g/mol. The van der Waals surface area contributed by atoms with Crippen molar-refractivity contribution in [3.8, 4) is 17.1 Å². The van der Waals surface area contributed by atoms with Crippen LogP contribution in [0.1, 0.15) is 19.4 Å². The van der Waals surface area contributed by atoms with Crippen LogP contribution in [0, 0.1) is 0 Å². The number of para-hydroxylation sites is 2. The van der Waals surface area contributed by atoms with E-state index < -0.39 is 0 Å². The van der Waals surface area contributed by atoms with E-state index in [1.807, 2.05) is 67.1 Å². The van der Waals surface area contributed by atoms with E-state index in [9.17, 15) is 4.79 Å². The van der Waals surface area contributed by atoms with E-state index in [0.717, 1.165) is 29.0 Å². The number of aromatic nitrogens is 3. The molecule has 0 aliphatic rings. The first-order valence-corrected chi connectivity index (χ1v) is 10.2. The molecule has 1 N–H and O–H groups in total. The van der Waals surface area contributed by atoms with Gasteiger partial charge in [0.15, 0.2) is 11.0 Å². The van der Waals surface area contributed by atoms with Gasteiger partial charge in [-0.2, -0.15) is 0 Å². The highest BCUT2D eigenvalue weighted by Gasteiger charge is 2.16. The predicted molar refractivity (Wildman–Crippen MR) is 113 cm³/mol. The largest absolute Gasteiger partial charge is 0.493 e. The molecule has 3 aromatic rings. The number of nitrogens with zero attached hydrogens (tertiary/aromatic N) is 3. The lowest BCUT2D eigenvalue weighted by Crippen LogP contribution is -2.15. The number of rotatable bonds is 8. The van der Waals surface area contributed by atoms with E-state index in [1.165, 1.54) is 11.8 Å². The Morgan fingerprint density at radius 3 is 2.64 bits per heavy atom. The Kier molecular flexibility index (Phi) is 6.71. The van der Waals surface area contributed by atoms with Crippen LogP contribution < -0.4 is 10.1 Å². The number of anilines is 1. The molecule has 7 heteroatoms. The maximum atomic E-state index is 12.4. The molecule has 0 spiro atoms. The molecule has 1 aromatic heterocycles. The summed E-state index contributed by atoms with van der Waals surface area (Å²) >= 11 is 1.36. The number of carbonyl (C=O) groups excluding carboxylic acids is 1. The van der Waals surface area contributed by atoms with Crippen LogP contribution in [-0.4, -0.2) is 33.0 Å². The first-order valence-electron chi connectivity index (χ1n) is 9.26. The third-order valence-corrected chi connectivity index (χ3v) is 5.29. The molecule has 3 rings (SSSR count). The lowest BCUT2D eigenvalue weighted by molar-refractivity contribution is -0.113. The van der Waals surface area contributed by atoms with Crippen LogP contribution in [0.2, 0.25) is 0 Å². The Hall–Kier alpha value is -2.80. The topological polar surface area (TPSA) is 69.0 Å². The molecule has 146 valence electrons. The van der Waals surface area contributed by atoms with Gasteiger partial charge in [-0.25, -0.2) is 0 Å². The molecule has 0 radical (unpaired) electrons. The van der Waals surface area contributed by atoms with Gasteiger partial charge >= 0.3 is 0 Å². The molecule has 0 atom stereocenters. The Bertz CT molecular complexity index is 955. The Labute approximate surface area is 169 Å². The standard InChI is InChI=1S/C21H24N4O2S/c1-4-15-10-6-8-12-17(15)22-19(26)14-28-21-24-23-20(25(21)3)16-11-7-9-13-18(16)27-5-2/h6-13H,4-5,14H2,1-3H3,(H,22,26). The third-order valence-electron chi connectivity index (χ3n) is 4.27. The Morgan fingerprint density at radius 1 is 1.11 bits per heavy atom. The molecular formula is C21H24N4O2S. The van der Waals surface area contributed by atoms with Gasteiger partial charge < -0.3 is 14.6 Å². The summed E-state index contributed by atoms with van der Waals surface area (Å²) in [6.07, 6.45) is 0.871. The summed E-state index contributed by atoms with van der Waals surface area (Å²) in [4.78, 5) is 12.4. The molecule has 1 heterocycles. The van der Waals surface area contributed by atoms with Gasteiger partial charge in [-0.1, -0.05) is 49.0 Å². The first-order chi connectivity index (χ1) is 13.6. The highest BCUT2D eigenvalue weighted by Crippen LogP contribution is 2.30. The lowest BCUT2D eigenvalue weighted by Gasteiger charge is -2.10. The second-order valence-corrected chi connectivity index (χ2v) is 7.08. The number of thioether (sulfide) groups is 1. The quantitative estimate of drug-likeness (QED) is 0.579. The van der Waals surface area contributed by atoms with Crippen molar-refractivity contribution in [3.63, 3.8) is 0 Å². The summed E-state index contributed by atoms with van der Waals surface area (Å²) in [5.41, 5.74) is 2.86. The van der Waals surface area contributed by atoms with Crippen molar-refractivity contribution in [1.29, 1.82) is 0 Å². The molecule has 0 saturated carbocycles. The van der Waals surface area contributed by atoms with E-state index >= 15 is 0 Å². The Balaban J connectivity index is 1.69. The van der Waals surface area contributed by atoms with E-state index in [-0.39, 0.29) is 11.7 Å². The number of hydrogen-bond donors (Lipinski definition) is 1. The van der Waals surface area contributed by atoms with Crippen molar-refractivity contribution in [2.45, 2.75) is 25.4 Å². The molecular weight excluding hydrogens is 372 g/mol. The van der Waals surface area contributed by atoms with Crippen molar-refractivity contribution in [3.05, 3.63) is 54.1 Å². The van der Waals surface area contributed by atoms with Crippen molar-refractivity contribution in [1.82, 2.24) is 14.8 Å². The van der Waals surface area contributed by atoms with Gasteiger partial charge in [0.1, 0.15) is 5.75 Å². The summed E-state index contributed by atoms with van der Waals surface area (Å²) in [5.74, 6) is 1.68. The molecule has 0 aliphatic carbocycles. The van der Waals surface area contributed by atoms with E-state index in [1.54, 1.807) is 0 Å². The molecule has 0 bridgehead atoms. The van der Waals surface area contributed by atoms with Crippen LogP contribution in [0.5, 0.6) is 5.75 Å². The van der Waals surface area contributed by atoms with E-state index in [0.29, 0.717) is 17.6 Å². The van der Waals surface area contributed by atoms with Crippen LogP contribution in [0.15, 0.2) is 53.7 Å². The minimum absolute atomic E-state index is 0.0647.